The number of hydrogen-bond acceptors (Lipinski definition) is 6. The van der Waals surface area contributed by atoms with Gasteiger partial charge in [0.2, 0.25) is 0 Å². The highest BCUT2D eigenvalue weighted by atomic mass is 16.6. The molecule has 1 aromatic rings. The Bertz CT molecular complexity index is 823. The number of nitrogens with zero attached hydrogens (tertiary/aromatic N) is 2. The summed E-state index contributed by atoms with van der Waals surface area (Å²) in [5.74, 6) is 0.358. The Hall–Kier alpha value is -2.31. The number of carbonyl (C=O) groups is 2. The molecule has 0 aromatic carbocycles. The number of aromatic nitrogens is 2. The fraction of sp³-hybridized carbons (Fsp3) is 0.682. The summed E-state index contributed by atoms with van der Waals surface area (Å²) in [5, 5.41) is 4.56. The third-order valence-electron chi connectivity index (χ3n) is 4.76. The number of allylic oxidation sites excluding steroid dienone is 2. The molecule has 1 aliphatic carbocycles. The molecule has 2 heterocycles. The van der Waals surface area contributed by atoms with E-state index < -0.39 is 17.3 Å². The highest BCUT2D eigenvalue weighted by Crippen LogP contribution is 2.39. The molecule has 29 heavy (non-hydrogen) atoms. The van der Waals surface area contributed by atoms with Gasteiger partial charge in [-0.3, -0.25) is 4.79 Å². The summed E-state index contributed by atoms with van der Waals surface area (Å²) >= 11 is 0. The lowest BCUT2D eigenvalue weighted by molar-refractivity contribution is -0.160. The van der Waals surface area contributed by atoms with E-state index in [4.69, 9.17) is 14.2 Å². The Labute approximate surface area is 172 Å². The molecule has 1 aromatic heterocycles. The van der Waals surface area contributed by atoms with Crippen molar-refractivity contribution in [1.82, 2.24) is 9.78 Å². The van der Waals surface area contributed by atoms with Crippen LogP contribution in [0.4, 0.5) is 4.79 Å². The van der Waals surface area contributed by atoms with E-state index in [-0.39, 0.29) is 11.9 Å². The second kappa shape index (κ2) is 7.84. The first-order valence-electron chi connectivity index (χ1n) is 10.3. The largest absolute Gasteiger partial charge is 0.489 e. The molecule has 0 amide bonds. The fourth-order valence-electron chi connectivity index (χ4n) is 3.54. The molecule has 0 spiro atoms. The van der Waals surface area contributed by atoms with Crippen LogP contribution in [0.15, 0.2) is 6.08 Å². The molecule has 0 bridgehead atoms. The first-order valence-corrected chi connectivity index (χ1v) is 10.3. The van der Waals surface area contributed by atoms with Crippen molar-refractivity contribution in [2.24, 2.45) is 5.92 Å². The summed E-state index contributed by atoms with van der Waals surface area (Å²) in [6.07, 6.45) is 5.06. The lowest BCUT2D eigenvalue weighted by Gasteiger charge is -2.26. The van der Waals surface area contributed by atoms with E-state index in [9.17, 15) is 9.59 Å². The lowest BCUT2D eigenvalue weighted by atomic mass is 9.88. The number of rotatable bonds is 2. The maximum absolute atomic E-state index is 12.6. The molecular formula is C22H32N2O5. The third-order valence-corrected chi connectivity index (χ3v) is 4.76. The summed E-state index contributed by atoms with van der Waals surface area (Å²) in [6, 6.07) is 0. The number of esters is 1. The number of ether oxygens (including phenoxy) is 3. The molecule has 1 unspecified atom stereocenters. The van der Waals surface area contributed by atoms with Crippen molar-refractivity contribution >= 4 is 17.6 Å². The topological polar surface area (TPSA) is 79.7 Å². The van der Waals surface area contributed by atoms with Crippen LogP contribution in [0, 0.1) is 5.92 Å². The van der Waals surface area contributed by atoms with Crippen LogP contribution in [0.1, 0.15) is 78.6 Å². The van der Waals surface area contributed by atoms with E-state index in [1.807, 2.05) is 47.6 Å². The molecule has 3 rings (SSSR count). The van der Waals surface area contributed by atoms with Gasteiger partial charge in [-0.25, -0.2) is 4.79 Å². The molecule has 0 saturated carbocycles. The van der Waals surface area contributed by atoms with E-state index in [1.165, 1.54) is 4.68 Å². The Morgan fingerprint density at radius 3 is 2.38 bits per heavy atom. The van der Waals surface area contributed by atoms with Crippen molar-refractivity contribution in [2.75, 3.05) is 6.61 Å². The molecule has 1 atom stereocenters. The van der Waals surface area contributed by atoms with Gasteiger partial charge in [0, 0.05) is 0 Å². The van der Waals surface area contributed by atoms with Crippen LogP contribution in [0.5, 0.6) is 5.75 Å². The van der Waals surface area contributed by atoms with Crippen molar-refractivity contribution in [3.63, 3.8) is 0 Å². The van der Waals surface area contributed by atoms with Gasteiger partial charge in [-0.2, -0.15) is 9.78 Å². The van der Waals surface area contributed by atoms with E-state index in [2.05, 4.69) is 5.10 Å². The van der Waals surface area contributed by atoms with Gasteiger partial charge in [0.25, 0.3) is 0 Å². The predicted octanol–water partition coefficient (Wildman–Crippen LogP) is 4.52. The average Bonchev–Trinajstić information content (AvgIpc) is 2.99. The smallest absolute Gasteiger partial charge is 0.435 e. The zero-order chi connectivity index (χ0) is 21.4. The number of carbonyl (C=O) groups excluding carboxylic acids is 2. The first-order chi connectivity index (χ1) is 13.4. The van der Waals surface area contributed by atoms with Crippen LogP contribution in [-0.4, -0.2) is 39.7 Å². The van der Waals surface area contributed by atoms with Gasteiger partial charge in [-0.15, -0.1) is 0 Å². The van der Waals surface area contributed by atoms with E-state index in [1.54, 1.807) is 0 Å². The quantitative estimate of drug-likeness (QED) is 0.675. The third kappa shape index (κ3) is 5.19. The first kappa shape index (κ1) is 21.4. The fourth-order valence-corrected chi connectivity index (χ4v) is 3.54. The van der Waals surface area contributed by atoms with Crippen LogP contribution < -0.4 is 4.74 Å². The molecule has 160 valence electrons. The highest BCUT2D eigenvalue weighted by Gasteiger charge is 2.32. The summed E-state index contributed by atoms with van der Waals surface area (Å²) in [6.45, 7) is 11.7. The molecule has 2 aliphatic rings. The van der Waals surface area contributed by atoms with Gasteiger partial charge < -0.3 is 14.2 Å². The maximum Gasteiger partial charge on any atom is 0.435 e. The van der Waals surface area contributed by atoms with Crippen LogP contribution in [-0.2, 0) is 20.7 Å². The second-order valence-electron chi connectivity index (χ2n) is 9.70. The molecule has 0 N–H and O–H groups in total. The van der Waals surface area contributed by atoms with E-state index in [0.717, 1.165) is 24.1 Å². The van der Waals surface area contributed by atoms with Crippen molar-refractivity contribution < 1.29 is 23.8 Å². The summed E-state index contributed by atoms with van der Waals surface area (Å²) in [5.41, 5.74) is 1.37. The number of hydrogen-bond donors (Lipinski definition) is 0. The van der Waals surface area contributed by atoms with Crippen LogP contribution in [0.2, 0.25) is 0 Å². The molecule has 7 nitrogen and oxygen atoms in total. The van der Waals surface area contributed by atoms with Crippen LogP contribution in [0.3, 0.4) is 0 Å². The van der Waals surface area contributed by atoms with Gasteiger partial charge in [0.05, 0.1) is 18.2 Å². The van der Waals surface area contributed by atoms with Crippen molar-refractivity contribution in [3.05, 3.63) is 17.5 Å². The van der Waals surface area contributed by atoms with E-state index in [0.29, 0.717) is 37.3 Å². The highest BCUT2D eigenvalue weighted by molar-refractivity contribution is 5.78. The van der Waals surface area contributed by atoms with E-state index >= 15 is 0 Å². The zero-order valence-electron chi connectivity index (χ0n) is 18.3. The van der Waals surface area contributed by atoms with Crippen molar-refractivity contribution in [2.45, 2.75) is 84.8 Å². The normalized spacial score (nSPS) is 19.7. The van der Waals surface area contributed by atoms with Gasteiger partial charge >= 0.3 is 12.1 Å². The van der Waals surface area contributed by atoms with Gasteiger partial charge in [-0.1, -0.05) is 6.08 Å². The summed E-state index contributed by atoms with van der Waals surface area (Å²) in [7, 11) is 0. The van der Waals surface area contributed by atoms with Gasteiger partial charge in [-0.05, 0) is 79.2 Å². The van der Waals surface area contributed by atoms with Crippen LogP contribution >= 0.6 is 0 Å². The maximum atomic E-state index is 12.6. The minimum absolute atomic E-state index is 0.150. The lowest BCUT2D eigenvalue weighted by Crippen LogP contribution is -2.29. The number of fused-ring (bicyclic) bond motifs is 1. The second-order valence-corrected chi connectivity index (χ2v) is 9.70. The van der Waals surface area contributed by atoms with Crippen molar-refractivity contribution in [3.8, 4) is 5.75 Å². The summed E-state index contributed by atoms with van der Waals surface area (Å²) in [4.78, 5) is 25.0. The Morgan fingerprint density at radius 1 is 1.10 bits per heavy atom. The molecule has 0 fully saturated rings. The molecular weight excluding hydrogens is 372 g/mol. The average molecular weight is 405 g/mol. The predicted molar refractivity (Wildman–Crippen MR) is 109 cm³/mol. The molecule has 1 aliphatic heterocycles. The SMILES string of the molecule is CC(C)(C)OC(=O)C1CC=C(c2nn(C(=O)OC(C)(C)C)c3c2OCCC3)CC1. The van der Waals surface area contributed by atoms with Crippen molar-refractivity contribution in [1.29, 1.82) is 0 Å². The Kier molecular flexibility index (Phi) is 5.79. The molecule has 0 saturated heterocycles. The minimum Gasteiger partial charge on any atom is -0.489 e. The molecule has 7 heteroatoms. The van der Waals surface area contributed by atoms with Gasteiger partial charge in [0.1, 0.15) is 16.9 Å². The van der Waals surface area contributed by atoms with Gasteiger partial charge in [0.15, 0.2) is 5.75 Å². The Morgan fingerprint density at radius 2 is 1.79 bits per heavy atom. The van der Waals surface area contributed by atoms with Crippen LogP contribution in [0.25, 0.3) is 5.57 Å². The molecule has 0 radical (unpaired) electrons. The Balaban J connectivity index is 1.83. The summed E-state index contributed by atoms with van der Waals surface area (Å²) < 4.78 is 18.3. The minimum atomic E-state index is -0.601. The monoisotopic (exact) mass is 404 g/mol. The standard InChI is InChI=1S/C22H32N2O5/c1-21(2,3)28-19(25)15-11-9-14(10-12-15)17-18-16(8-7-13-27-18)24(23-17)20(26)29-22(4,5)6/h9,15H,7-8,10-13H2,1-6H3. The zero-order valence-corrected chi connectivity index (χ0v) is 18.3.